The van der Waals surface area contributed by atoms with E-state index in [0.717, 1.165) is 10.2 Å². The second-order valence-corrected chi connectivity index (χ2v) is 4.89. The number of anilines is 1. The molecule has 2 aromatic rings. The molecular formula is C14H13BrF2N2O. The van der Waals surface area contributed by atoms with Crippen molar-refractivity contribution in [3.05, 3.63) is 58.6 Å². The Morgan fingerprint density at radius 3 is 2.55 bits per heavy atom. The van der Waals surface area contributed by atoms with E-state index in [9.17, 15) is 8.78 Å². The predicted octanol–water partition coefficient (Wildman–Crippen LogP) is 4.17. The zero-order valence-electron chi connectivity index (χ0n) is 10.4. The van der Waals surface area contributed by atoms with E-state index in [1.54, 1.807) is 12.1 Å². The molecule has 0 radical (unpaired) electrons. The molecule has 0 amide bonds. The SMILES string of the molecule is FC(F)Oc1ccc(Br)cc1CNNc1ccccc1. The summed E-state index contributed by atoms with van der Waals surface area (Å²) in [5, 5.41) is 0. The Morgan fingerprint density at radius 1 is 1.10 bits per heavy atom. The van der Waals surface area contributed by atoms with Gasteiger partial charge in [-0.25, -0.2) is 5.43 Å². The van der Waals surface area contributed by atoms with Gasteiger partial charge >= 0.3 is 6.61 Å². The molecule has 0 saturated carbocycles. The number of para-hydroxylation sites is 1. The molecular weight excluding hydrogens is 330 g/mol. The lowest BCUT2D eigenvalue weighted by Crippen LogP contribution is -2.21. The van der Waals surface area contributed by atoms with Gasteiger partial charge in [0.15, 0.2) is 0 Å². The first kappa shape index (κ1) is 14.7. The summed E-state index contributed by atoms with van der Waals surface area (Å²) in [5.41, 5.74) is 7.46. The summed E-state index contributed by atoms with van der Waals surface area (Å²) in [6, 6.07) is 14.4. The van der Waals surface area contributed by atoms with Crippen LogP contribution in [0.4, 0.5) is 14.5 Å². The number of halogens is 3. The van der Waals surface area contributed by atoms with Crippen LogP contribution in [0.15, 0.2) is 53.0 Å². The third-order valence-corrected chi connectivity index (χ3v) is 3.02. The standard InChI is InChI=1S/C14H13BrF2N2O/c15-11-6-7-13(20-14(16)17)10(8-11)9-18-19-12-4-2-1-3-5-12/h1-8,14,18-19H,9H2. The number of rotatable bonds is 6. The molecule has 0 atom stereocenters. The van der Waals surface area contributed by atoms with E-state index in [1.165, 1.54) is 6.07 Å². The van der Waals surface area contributed by atoms with Crippen LogP contribution in [0.25, 0.3) is 0 Å². The summed E-state index contributed by atoms with van der Waals surface area (Å²) in [5.74, 6) is 0.158. The van der Waals surface area contributed by atoms with E-state index in [2.05, 4.69) is 31.5 Å². The van der Waals surface area contributed by atoms with E-state index >= 15 is 0 Å². The van der Waals surface area contributed by atoms with E-state index in [4.69, 9.17) is 0 Å². The average Bonchev–Trinajstić information content (AvgIpc) is 2.42. The molecule has 3 nitrogen and oxygen atoms in total. The van der Waals surface area contributed by atoms with Crippen LogP contribution < -0.4 is 15.6 Å². The fraction of sp³-hybridized carbons (Fsp3) is 0.143. The zero-order chi connectivity index (χ0) is 14.4. The molecule has 0 aliphatic carbocycles. The summed E-state index contributed by atoms with van der Waals surface area (Å²) < 4.78 is 29.9. The summed E-state index contributed by atoms with van der Waals surface area (Å²) in [7, 11) is 0. The van der Waals surface area contributed by atoms with Crippen molar-refractivity contribution in [1.29, 1.82) is 0 Å². The number of hydrazine groups is 1. The fourth-order valence-corrected chi connectivity index (χ4v) is 2.07. The molecule has 2 rings (SSSR count). The first-order valence-electron chi connectivity index (χ1n) is 5.92. The first-order valence-corrected chi connectivity index (χ1v) is 6.71. The van der Waals surface area contributed by atoms with Gasteiger partial charge in [0, 0.05) is 22.3 Å². The van der Waals surface area contributed by atoms with Crippen LogP contribution >= 0.6 is 15.9 Å². The third kappa shape index (κ3) is 4.47. The van der Waals surface area contributed by atoms with Gasteiger partial charge in [-0.05, 0) is 30.3 Å². The molecule has 0 spiro atoms. The van der Waals surface area contributed by atoms with E-state index in [-0.39, 0.29) is 5.75 Å². The molecule has 0 aliphatic heterocycles. The van der Waals surface area contributed by atoms with Gasteiger partial charge in [0.2, 0.25) is 0 Å². The molecule has 0 unspecified atom stereocenters. The average molecular weight is 343 g/mol. The van der Waals surface area contributed by atoms with Gasteiger partial charge < -0.3 is 10.2 Å². The molecule has 0 heterocycles. The molecule has 106 valence electrons. The highest BCUT2D eigenvalue weighted by molar-refractivity contribution is 9.10. The lowest BCUT2D eigenvalue weighted by Gasteiger charge is -2.13. The smallest absolute Gasteiger partial charge is 0.387 e. The Hall–Kier alpha value is -1.66. The summed E-state index contributed by atoms with van der Waals surface area (Å²) >= 11 is 3.31. The van der Waals surface area contributed by atoms with Crippen LogP contribution in [0.2, 0.25) is 0 Å². The highest BCUT2D eigenvalue weighted by Gasteiger charge is 2.09. The van der Waals surface area contributed by atoms with Crippen molar-refractivity contribution in [2.75, 3.05) is 5.43 Å². The van der Waals surface area contributed by atoms with Gasteiger partial charge in [-0.2, -0.15) is 8.78 Å². The maximum atomic E-state index is 12.3. The van der Waals surface area contributed by atoms with E-state index in [1.807, 2.05) is 30.3 Å². The lowest BCUT2D eigenvalue weighted by atomic mass is 10.2. The van der Waals surface area contributed by atoms with E-state index in [0.29, 0.717) is 12.1 Å². The van der Waals surface area contributed by atoms with Gasteiger partial charge in [0.1, 0.15) is 5.75 Å². The highest BCUT2D eigenvalue weighted by atomic mass is 79.9. The monoisotopic (exact) mass is 342 g/mol. The Morgan fingerprint density at radius 2 is 1.85 bits per heavy atom. The Labute approximate surface area is 124 Å². The maximum absolute atomic E-state index is 12.3. The van der Waals surface area contributed by atoms with Crippen molar-refractivity contribution in [1.82, 2.24) is 5.43 Å². The molecule has 6 heteroatoms. The van der Waals surface area contributed by atoms with Crippen molar-refractivity contribution in [3.8, 4) is 5.75 Å². The number of hydrogen-bond donors (Lipinski definition) is 2. The minimum atomic E-state index is -2.84. The van der Waals surface area contributed by atoms with Crippen LogP contribution in [0, 0.1) is 0 Å². The Kier molecular flexibility index (Phi) is 5.31. The van der Waals surface area contributed by atoms with Gasteiger partial charge in [0.25, 0.3) is 0 Å². The highest BCUT2D eigenvalue weighted by Crippen LogP contribution is 2.24. The topological polar surface area (TPSA) is 33.3 Å². The predicted molar refractivity (Wildman–Crippen MR) is 77.7 cm³/mol. The van der Waals surface area contributed by atoms with Crippen molar-refractivity contribution >= 4 is 21.6 Å². The number of ether oxygens (including phenoxy) is 1. The number of benzene rings is 2. The number of alkyl halides is 2. The zero-order valence-corrected chi connectivity index (χ0v) is 12.0. The van der Waals surface area contributed by atoms with Crippen LogP contribution in [-0.4, -0.2) is 6.61 Å². The van der Waals surface area contributed by atoms with Gasteiger partial charge in [0.05, 0.1) is 0 Å². The number of nitrogens with one attached hydrogen (secondary N) is 2. The summed E-state index contributed by atoms with van der Waals surface area (Å²) in [6.45, 7) is -2.49. The Bertz CT molecular complexity index is 552. The minimum absolute atomic E-state index is 0.158. The quantitative estimate of drug-likeness (QED) is 0.773. The molecule has 2 aromatic carbocycles. The van der Waals surface area contributed by atoms with Crippen LogP contribution in [0.1, 0.15) is 5.56 Å². The van der Waals surface area contributed by atoms with Gasteiger partial charge in [-0.3, -0.25) is 0 Å². The Balaban J connectivity index is 1.99. The van der Waals surface area contributed by atoms with Crippen LogP contribution in [-0.2, 0) is 6.54 Å². The van der Waals surface area contributed by atoms with Crippen LogP contribution in [0.3, 0.4) is 0 Å². The van der Waals surface area contributed by atoms with Gasteiger partial charge in [-0.15, -0.1) is 0 Å². The van der Waals surface area contributed by atoms with Crippen molar-refractivity contribution in [2.24, 2.45) is 0 Å². The van der Waals surface area contributed by atoms with E-state index < -0.39 is 6.61 Å². The molecule has 0 fully saturated rings. The van der Waals surface area contributed by atoms with Gasteiger partial charge in [-0.1, -0.05) is 34.1 Å². The molecule has 0 aliphatic rings. The molecule has 0 saturated heterocycles. The first-order chi connectivity index (χ1) is 9.65. The maximum Gasteiger partial charge on any atom is 0.387 e. The largest absolute Gasteiger partial charge is 0.434 e. The second kappa shape index (κ2) is 7.21. The van der Waals surface area contributed by atoms with Crippen molar-refractivity contribution in [3.63, 3.8) is 0 Å². The molecule has 0 aromatic heterocycles. The third-order valence-electron chi connectivity index (χ3n) is 2.52. The second-order valence-electron chi connectivity index (χ2n) is 3.98. The van der Waals surface area contributed by atoms with Crippen LogP contribution in [0.5, 0.6) is 5.75 Å². The summed E-state index contributed by atoms with van der Waals surface area (Å²) in [4.78, 5) is 0. The molecule has 20 heavy (non-hydrogen) atoms. The molecule has 2 N–H and O–H groups in total. The van der Waals surface area contributed by atoms with Crippen molar-refractivity contribution < 1.29 is 13.5 Å². The molecule has 0 bridgehead atoms. The minimum Gasteiger partial charge on any atom is -0.434 e. The lowest BCUT2D eigenvalue weighted by molar-refractivity contribution is -0.0504. The number of hydrogen-bond acceptors (Lipinski definition) is 3. The fourth-order valence-electron chi connectivity index (χ4n) is 1.66. The normalized spacial score (nSPS) is 10.6. The summed E-state index contributed by atoms with van der Waals surface area (Å²) in [6.07, 6.45) is 0. The van der Waals surface area contributed by atoms with Crippen molar-refractivity contribution in [2.45, 2.75) is 13.2 Å².